The maximum Gasteiger partial charge on any atom is 0.148 e. The molecule has 0 aliphatic heterocycles. The first-order valence-corrected chi connectivity index (χ1v) is 4.21. The lowest BCUT2D eigenvalue weighted by molar-refractivity contribution is 0.366. The monoisotopic (exact) mass is 225 g/mol. The van der Waals surface area contributed by atoms with Gasteiger partial charge in [-0.05, 0) is 34.5 Å². The predicted molar refractivity (Wildman–Crippen MR) is 51.0 cm³/mol. The lowest BCUT2D eigenvalue weighted by atomic mass is 10.3. The van der Waals surface area contributed by atoms with Gasteiger partial charge in [0.2, 0.25) is 0 Å². The zero-order chi connectivity index (χ0) is 8.97. The van der Waals surface area contributed by atoms with Crippen LogP contribution in [0.15, 0.2) is 16.9 Å². The molecule has 0 saturated carbocycles. The van der Waals surface area contributed by atoms with Gasteiger partial charge >= 0.3 is 0 Å². The van der Waals surface area contributed by atoms with Crippen molar-refractivity contribution in [3.63, 3.8) is 0 Å². The molecule has 62 valence electrons. The van der Waals surface area contributed by atoms with Gasteiger partial charge in [0.1, 0.15) is 17.0 Å². The zero-order valence-electron chi connectivity index (χ0n) is 6.67. The molecule has 0 radical (unpaired) electrons. The highest BCUT2D eigenvalue weighted by molar-refractivity contribution is 9.10. The van der Waals surface area contributed by atoms with E-state index in [1.54, 1.807) is 6.20 Å². The summed E-state index contributed by atoms with van der Waals surface area (Å²) in [6, 6.07) is 1.88. The largest absolute Gasteiger partial charge is 0.479 e. The first-order valence-electron chi connectivity index (χ1n) is 3.42. The van der Waals surface area contributed by atoms with Crippen LogP contribution in [0.25, 0.3) is 0 Å². The smallest absolute Gasteiger partial charge is 0.148 e. The van der Waals surface area contributed by atoms with E-state index in [9.17, 15) is 0 Å². The van der Waals surface area contributed by atoms with E-state index in [2.05, 4.69) is 26.8 Å². The molecule has 12 heavy (non-hydrogen) atoms. The third-order valence-electron chi connectivity index (χ3n) is 1.34. The number of aromatic nitrogens is 1. The van der Waals surface area contributed by atoms with E-state index in [0.29, 0.717) is 0 Å². The van der Waals surface area contributed by atoms with Gasteiger partial charge in [-0.3, -0.25) is 0 Å². The zero-order valence-corrected chi connectivity index (χ0v) is 8.26. The Morgan fingerprint density at radius 2 is 2.50 bits per heavy atom. The minimum atomic E-state index is 0.282. The van der Waals surface area contributed by atoms with Crippen LogP contribution in [-0.2, 0) is 0 Å². The van der Waals surface area contributed by atoms with Crippen LogP contribution in [0.3, 0.4) is 0 Å². The molecule has 3 heteroatoms. The summed E-state index contributed by atoms with van der Waals surface area (Å²) in [5.74, 6) is 3.13. The molecule has 0 N–H and O–H groups in total. The molecule has 0 aromatic carbocycles. The Bertz CT molecular complexity index is 317. The fourth-order valence-electron chi connectivity index (χ4n) is 0.780. The first kappa shape index (κ1) is 9.08. The molecular formula is C9H8BrNO. The van der Waals surface area contributed by atoms with Crippen molar-refractivity contribution in [3.05, 3.63) is 22.4 Å². The highest BCUT2D eigenvalue weighted by Gasteiger charge is 1.99. The molecule has 1 heterocycles. The van der Waals surface area contributed by atoms with Gasteiger partial charge in [-0.25, -0.2) is 4.98 Å². The molecule has 1 aromatic rings. The number of ether oxygens (including phenoxy) is 1. The number of halogens is 1. The third-order valence-corrected chi connectivity index (χ3v) is 1.77. The first-order chi connectivity index (χ1) is 5.74. The number of pyridine rings is 1. The summed E-state index contributed by atoms with van der Waals surface area (Å²) in [7, 11) is 0. The maximum atomic E-state index is 5.22. The van der Waals surface area contributed by atoms with Gasteiger partial charge in [0.25, 0.3) is 0 Å². The lowest BCUT2D eigenvalue weighted by Crippen LogP contribution is -1.96. The van der Waals surface area contributed by atoms with Crippen molar-refractivity contribution >= 4 is 15.9 Å². The van der Waals surface area contributed by atoms with Crippen molar-refractivity contribution in [2.24, 2.45) is 0 Å². The van der Waals surface area contributed by atoms with Crippen molar-refractivity contribution in [1.82, 2.24) is 4.98 Å². The van der Waals surface area contributed by atoms with Gasteiger partial charge in [0.05, 0.1) is 6.20 Å². The fourth-order valence-corrected chi connectivity index (χ4v) is 1.23. The Kier molecular flexibility index (Phi) is 3.12. The van der Waals surface area contributed by atoms with E-state index in [1.165, 1.54) is 0 Å². The quantitative estimate of drug-likeness (QED) is 0.569. The van der Waals surface area contributed by atoms with Crippen LogP contribution in [0.2, 0.25) is 0 Å². The number of rotatable bonds is 2. The third kappa shape index (κ3) is 2.24. The SMILES string of the molecule is C#CCOc1cnc(Br)cc1C. The molecule has 0 aliphatic carbocycles. The van der Waals surface area contributed by atoms with Crippen LogP contribution in [0, 0.1) is 19.3 Å². The maximum absolute atomic E-state index is 5.22. The van der Waals surface area contributed by atoms with Crippen LogP contribution in [0.1, 0.15) is 5.56 Å². The van der Waals surface area contributed by atoms with E-state index in [-0.39, 0.29) is 6.61 Å². The number of hydrogen-bond acceptors (Lipinski definition) is 2. The molecule has 0 amide bonds. The van der Waals surface area contributed by atoms with Crippen molar-refractivity contribution < 1.29 is 4.74 Å². The molecular weight excluding hydrogens is 218 g/mol. The van der Waals surface area contributed by atoms with Crippen LogP contribution >= 0.6 is 15.9 Å². The molecule has 2 nitrogen and oxygen atoms in total. The summed E-state index contributed by atoms with van der Waals surface area (Å²) in [4.78, 5) is 4.02. The fraction of sp³-hybridized carbons (Fsp3) is 0.222. The van der Waals surface area contributed by atoms with Crippen LogP contribution in [-0.4, -0.2) is 11.6 Å². The lowest BCUT2D eigenvalue weighted by Gasteiger charge is -2.04. The standard InChI is InChI=1S/C9H8BrNO/c1-3-4-12-8-6-11-9(10)5-7(8)2/h1,5-6H,4H2,2H3. The summed E-state index contributed by atoms with van der Waals surface area (Å²) in [6.45, 7) is 2.22. The summed E-state index contributed by atoms with van der Waals surface area (Å²) in [6.07, 6.45) is 6.70. The van der Waals surface area contributed by atoms with Gasteiger partial charge in [-0.15, -0.1) is 6.42 Å². The van der Waals surface area contributed by atoms with E-state index in [1.807, 2.05) is 13.0 Å². The number of aryl methyl sites for hydroxylation is 1. The Morgan fingerprint density at radius 3 is 3.08 bits per heavy atom. The molecule has 0 bridgehead atoms. The molecule has 0 unspecified atom stereocenters. The Labute approximate surface area is 80.1 Å². The molecule has 0 fully saturated rings. The highest BCUT2D eigenvalue weighted by Crippen LogP contribution is 2.18. The second kappa shape index (κ2) is 4.13. The van der Waals surface area contributed by atoms with Crippen molar-refractivity contribution in [2.45, 2.75) is 6.92 Å². The van der Waals surface area contributed by atoms with E-state index in [4.69, 9.17) is 11.2 Å². The summed E-state index contributed by atoms with van der Waals surface area (Å²) in [5.41, 5.74) is 1.02. The predicted octanol–water partition coefficient (Wildman–Crippen LogP) is 2.16. The summed E-state index contributed by atoms with van der Waals surface area (Å²) in [5, 5.41) is 0. The molecule has 0 saturated heterocycles. The second-order valence-corrected chi connectivity index (χ2v) is 3.08. The summed E-state index contributed by atoms with van der Waals surface area (Å²) < 4.78 is 6.02. The van der Waals surface area contributed by atoms with Crippen molar-refractivity contribution in [1.29, 1.82) is 0 Å². The van der Waals surface area contributed by atoms with E-state index in [0.717, 1.165) is 15.9 Å². The summed E-state index contributed by atoms with van der Waals surface area (Å²) >= 11 is 3.26. The average Bonchev–Trinajstić information content (AvgIpc) is 2.03. The minimum Gasteiger partial charge on any atom is -0.479 e. The van der Waals surface area contributed by atoms with Gasteiger partial charge in [0, 0.05) is 0 Å². The Morgan fingerprint density at radius 1 is 1.75 bits per heavy atom. The normalized spacial score (nSPS) is 9.08. The van der Waals surface area contributed by atoms with Gasteiger partial charge in [-0.1, -0.05) is 5.92 Å². The second-order valence-electron chi connectivity index (χ2n) is 2.27. The Balaban J connectivity index is 2.81. The van der Waals surface area contributed by atoms with E-state index >= 15 is 0 Å². The van der Waals surface area contributed by atoms with Crippen LogP contribution < -0.4 is 4.74 Å². The molecule has 0 aliphatic rings. The number of hydrogen-bond donors (Lipinski definition) is 0. The topological polar surface area (TPSA) is 22.1 Å². The minimum absolute atomic E-state index is 0.282. The number of terminal acetylenes is 1. The van der Waals surface area contributed by atoms with Gasteiger partial charge in [0.15, 0.2) is 0 Å². The van der Waals surface area contributed by atoms with Crippen LogP contribution in [0.4, 0.5) is 0 Å². The van der Waals surface area contributed by atoms with Crippen LogP contribution in [0.5, 0.6) is 5.75 Å². The molecule has 0 spiro atoms. The average molecular weight is 226 g/mol. The van der Waals surface area contributed by atoms with Gasteiger partial charge in [-0.2, -0.15) is 0 Å². The highest BCUT2D eigenvalue weighted by atomic mass is 79.9. The van der Waals surface area contributed by atoms with E-state index < -0.39 is 0 Å². The Hall–Kier alpha value is -1.01. The van der Waals surface area contributed by atoms with Gasteiger partial charge < -0.3 is 4.74 Å². The molecule has 1 aromatic heterocycles. The van der Waals surface area contributed by atoms with Crippen molar-refractivity contribution in [3.8, 4) is 18.1 Å². The van der Waals surface area contributed by atoms with Crippen molar-refractivity contribution in [2.75, 3.05) is 6.61 Å². The number of nitrogens with zero attached hydrogens (tertiary/aromatic N) is 1. The molecule has 1 rings (SSSR count). The molecule has 0 atom stereocenters.